The Bertz CT molecular complexity index is 871. The normalized spacial score (nSPS) is 11.0. The highest BCUT2D eigenvalue weighted by molar-refractivity contribution is 7.15. The predicted octanol–water partition coefficient (Wildman–Crippen LogP) is 4.53. The Hall–Kier alpha value is -2.25. The quantitative estimate of drug-likeness (QED) is 0.686. The van der Waals surface area contributed by atoms with Gasteiger partial charge in [0, 0.05) is 12.1 Å². The number of amides is 1. The molecule has 1 amide bonds. The van der Waals surface area contributed by atoms with Crippen LogP contribution in [0.25, 0.3) is 5.69 Å². The second-order valence-corrected chi connectivity index (χ2v) is 6.93. The third-order valence-electron chi connectivity index (χ3n) is 3.92. The summed E-state index contributed by atoms with van der Waals surface area (Å²) in [5.74, 6) is 0.0561. The number of rotatable bonds is 6. The Balaban J connectivity index is 1.73. The number of benzene rings is 1. The molecule has 3 aromatic rings. The first kappa shape index (κ1) is 17.6. The maximum atomic E-state index is 12.4. The maximum Gasteiger partial charge on any atom is 0.277 e. The van der Waals surface area contributed by atoms with Crippen LogP contribution < -0.4 is 5.32 Å². The number of carbonyl (C=O) groups excluding carboxylic acids is 1. The van der Waals surface area contributed by atoms with Gasteiger partial charge in [0.15, 0.2) is 5.69 Å². The molecule has 0 unspecified atom stereocenters. The number of hydrogen-bond donors (Lipinski definition) is 1. The molecule has 0 radical (unpaired) electrons. The van der Waals surface area contributed by atoms with Crippen molar-refractivity contribution < 1.29 is 4.79 Å². The van der Waals surface area contributed by atoms with Crippen LogP contribution in [0.5, 0.6) is 0 Å². The molecular formula is C17H18ClN5OS. The molecule has 0 fully saturated rings. The zero-order chi connectivity index (χ0) is 17.8. The monoisotopic (exact) mass is 375 g/mol. The van der Waals surface area contributed by atoms with E-state index < -0.39 is 0 Å². The minimum absolute atomic E-state index is 0.291. The number of nitrogens with one attached hydrogen (secondary N) is 1. The molecule has 0 aliphatic rings. The topological polar surface area (TPSA) is 72.7 Å². The van der Waals surface area contributed by atoms with Crippen LogP contribution in [0.1, 0.15) is 48.1 Å². The molecule has 0 aliphatic carbocycles. The second-order valence-electron chi connectivity index (χ2n) is 5.51. The predicted molar refractivity (Wildman–Crippen MR) is 99.8 cm³/mol. The highest BCUT2D eigenvalue weighted by Crippen LogP contribution is 2.28. The summed E-state index contributed by atoms with van der Waals surface area (Å²) in [4.78, 5) is 12.4. The Morgan fingerprint density at radius 2 is 2.00 bits per heavy atom. The summed E-state index contributed by atoms with van der Waals surface area (Å²) in [5, 5.41) is 17.3. The molecule has 2 aromatic heterocycles. The van der Waals surface area contributed by atoms with Gasteiger partial charge in [0.05, 0.1) is 10.7 Å². The third kappa shape index (κ3) is 3.88. The van der Waals surface area contributed by atoms with Crippen molar-refractivity contribution in [1.82, 2.24) is 20.0 Å². The van der Waals surface area contributed by atoms with Crippen LogP contribution in [0.2, 0.25) is 5.02 Å². The van der Waals surface area contributed by atoms with Gasteiger partial charge in [-0.05, 0) is 31.0 Å². The molecule has 0 spiro atoms. The van der Waals surface area contributed by atoms with E-state index in [0.29, 0.717) is 21.8 Å². The van der Waals surface area contributed by atoms with Gasteiger partial charge in [0.2, 0.25) is 5.13 Å². The summed E-state index contributed by atoms with van der Waals surface area (Å²) in [6.07, 6.45) is 3.70. The summed E-state index contributed by atoms with van der Waals surface area (Å²) in [7, 11) is 0. The molecule has 3 rings (SSSR count). The number of para-hydroxylation sites is 1. The van der Waals surface area contributed by atoms with Gasteiger partial charge in [-0.1, -0.05) is 48.9 Å². The SMILES string of the molecule is CCC(CC)c1nnc(NC(=O)c2ccn(-c3ccccc3Cl)n2)s1. The van der Waals surface area contributed by atoms with E-state index >= 15 is 0 Å². The molecule has 0 bridgehead atoms. The number of aromatic nitrogens is 4. The minimum Gasteiger partial charge on any atom is -0.295 e. The van der Waals surface area contributed by atoms with Crippen LogP contribution in [-0.4, -0.2) is 25.9 Å². The Morgan fingerprint density at radius 3 is 2.72 bits per heavy atom. The summed E-state index contributed by atoms with van der Waals surface area (Å²) in [5.41, 5.74) is 1.01. The van der Waals surface area contributed by atoms with Crippen molar-refractivity contribution in [1.29, 1.82) is 0 Å². The molecule has 0 saturated carbocycles. The molecule has 130 valence electrons. The van der Waals surface area contributed by atoms with E-state index in [2.05, 4.69) is 34.5 Å². The summed E-state index contributed by atoms with van der Waals surface area (Å²) >= 11 is 7.57. The van der Waals surface area contributed by atoms with Crippen molar-refractivity contribution >= 4 is 34.0 Å². The lowest BCUT2D eigenvalue weighted by molar-refractivity contribution is 0.102. The van der Waals surface area contributed by atoms with Gasteiger partial charge in [-0.25, -0.2) is 4.68 Å². The van der Waals surface area contributed by atoms with Crippen molar-refractivity contribution in [3.63, 3.8) is 0 Å². The third-order valence-corrected chi connectivity index (χ3v) is 5.24. The highest BCUT2D eigenvalue weighted by Gasteiger charge is 2.17. The van der Waals surface area contributed by atoms with Gasteiger partial charge in [-0.15, -0.1) is 10.2 Å². The van der Waals surface area contributed by atoms with E-state index in [1.807, 2.05) is 18.2 Å². The average Bonchev–Trinajstić information content (AvgIpc) is 3.26. The fourth-order valence-electron chi connectivity index (χ4n) is 2.47. The fraction of sp³-hybridized carbons (Fsp3) is 0.294. The molecule has 25 heavy (non-hydrogen) atoms. The zero-order valence-corrected chi connectivity index (χ0v) is 15.5. The van der Waals surface area contributed by atoms with Gasteiger partial charge >= 0.3 is 0 Å². The van der Waals surface area contributed by atoms with Gasteiger partial charge in [0.25, 0.3) is 5.91 Å². The van der Waals surface area contributed by atoms with E-state index in [4.69, 9.17) is 11.6 Å². The fourth-order valence-corrected chi connectivity index (χ4v) is 3.69. The maximum absolute atomic E-state index is 12.4. The highest BCUT2D eigenvalue weighted by atomic mass is 35.5. The molecule has 1 aromatic carbocycles. The molecule has 6 nitrogen and oxygen atoms in total. The lowest BCUT2D eigenvalue weighted by Crippen LogP contribution is -2.13. The standard InChI is InChI=1S/C17H18ClN5OS/c1-3-11(4-2)16-20-21-17(25-16)19-15(24)13-9-10-23(22-13)14-8-6-5-7-12(14)18/h5-11H,3-4H2,1-2H3,(H,19,21,24). The van der Waals surface area contributed by atoms with Gasteiger partial charge in [0.1, 0.15) is 5.01 Å². The van der Waals surface area contributed by atoms with Crippen LogP contribution >= 0.6 is 22.9 Å². The number of halogens is 1. The lowest BCUT2D eigenvalue weighted by Gasteiger charge is -2.05. The number of hydrogen-bond acceptors (Lipinski definition) is 5. The smallest absolute Gasteiger partial charge is 0.277 e. The molecule has 0 aliphatic heterocycles. The summed E-state index contributed by atoms with van der Waals surface area (Å²) in [6.45, 7) is 4.24. The average molecular weight is 376 g/mol. The summed E-state index contributed by atoms with van der Waals surface area (Å²) in [6, 6.07) is 8.96. The van der Waals surface area contributed by atoms with Crippen molar-refractivity contribution in [3.8, 4) is 5.69 Å². The van der Waals surface area contributed by atoms with Crippen molar-refractivity contribution in [3.05, 3.63) is 52.3 Å². The lowest BCUT2D eigenvalue weighted by atomic mass is 10.1. The van der Waals surface area contributed by atoms with E-state index in [1.54, 1.807) is 23.0 Å². The Morgan fingerprint density at radius 1 is 1.24 bits per heavy atom. The first-order valence-electron chi connectivity index (χ1n) is 8.07. The Labute approximate surface area is 154 Å². The van der Waals surface area contributed by atoms with E-state index in [-0.39, 0.29) is 5.91 Å². The van der Waals surface area contributed by atoms with E-state index in [9.17, 15) is 4.79 Å². The molecule has 0 saturated heterocycles. The molecule has 1 N–H and O–H groups in total. The molecule has 0 atom stereocenters. The number of nitrogens with zero attached hydrogens (tertiary/aromatic N) is 4. The van der Waals surface area contributed by atoms with Crippen LogP contribution in [0.3, 0.4) is 0 Å². The number of carbonyl (C=O) groups is 1. The van der Waals surface area contributed by atoms with E-state index in [0.717, 1.165) is 23.5 Å². The van der Waals surface area contributed by atoms with Crippen LogP contribution in [0, 0.1) is 0 Å². The van der Waals surface area contributed by atoms with Crippen LogP contribution in [0.4, 0.5) is 5.13 Å². The van der Waals surface area contributed by atoms with E-state index in [1.165, 1.54) is 11.3 Å². The van der Waals surface area contributed by atoms with Crippen molar-refractivity contribution in [2.45, 2.75) is 32.6 Å². The van der Waals surface area contributed by atoms with Crippen LogP contribution in [0.15, 0.2) is 36.5 Å². The second kappa shape index (κ2) is 7.76. The van der Waals surface area contributed by atoms with Gasteiger partial charge in [-0.2, -0.15) is 5.10 Å². The van der Waals surface area contributed by atoms with Gasteiger partial charge in [-0.3, -0.25) is 10.1 Å². The first-order valence-corrected chi connectivity index (χ1v) is 9.27. The molecular weight excluding hydrogens is 358 g/mol. The van der Waals surface area contributed by atoms with Gasteiger partial charge < -0.3 is 0 Å². The zero-order valence-electron chi connectivity index (χ0n) is 13.9. The Kier molecular flexibility index (Phi) is 5.45. The number of anilines is 1. The summed E-state index contributed by atoms with van der Waals surface area (Å²) < 4.78 is 1.58. The molecule has 2 heterocycles. The minimum atomic E-state index is -0.321. The first-order chi connectivity index (χ1) is 12.1. The van der Waals surface area contributed by atoms with Crippen molar-refractivity contribution in [2.75, 3.05) is 5.32 Å². The van der Waals surface area contributed by atoms with Crippen LogP contribution in [-0.2, 0) is 0 Å². The largest absolute Gasteiger partial charge is 0.295 e. The van der Waals surface area contributed by atoms with Crippen molar-refractivity contribution in [2.24, 2.45) is 0 Å². The molecule has 8 heteroatoms.